The third-order valence-corrected chi connectivity index (χ3v) is 8.55. The van der Waals surface area contributed by atoms with Crippen LogP contribution >= 0.6 is 0 Å². The van der Waals surface area contributed by atoms with Gasteiger partial charge in [-0.15, -0.1) is 0 Å². The molecular weight excluding hydrogens is 701 g/mol. The fraction of sp³-hybridized carbons (Fsp3) is 0.472. The van der Waals surface area contributed by atoms with Gasteiger partial charge in [-0.25, -0.2) is 0 Å². The number of aryl methyl sites for hydroxylation is 1. The summed E-state index contributed by atoms with van der Waals surface area (Å²) in [7, 11) is -0.722. The van der Waals surface area contributed by atoms with Gasteiger partial charge < -0.3 is 52.4 Å². The summed E-state index contributed by atoms with van der Waals surface area (Å²) in [6.45, 7) is 6.72. The number of unbranched alkanes of at least 4 members (excludes halogenated alkanes) is 1. The number of carbonyl (C=O) groups is 7. The van der Waals surface area contributed by atoms with Crippen molar-refractivity contribution in [2.24, 2.45) is 5.73 Å². The minimum absolute atomic E-state index is 0.324. The van der Waals surface area contributed by atoms with E-state index in [0.717, 1.165) is 35.3 Å². The molecule has 0 saturated carbocycles. The lowest BCUT2D eigenvalue weighted by Gasteiger charge is -2.30. The van der Waals surface area contributed by atoms with Crippen molar-refractivity contribution in [3.05, 3.63) is 59.7 Å². The van der Waals surface area contributed by atoms with Gasteiger partial charge in [-0.3, -0.25) is 33.6 Å². The number of nitrogens with zero attached hydrogens (tertiary/aromatic N) is 1. The van der Waals surface area contributed by atoms with Gasteiger partial charge in [0.25, 0.3) is 5.91 Å². The maximum Gasteiger partial charge on any atom is 0.475 e. The van der Waals surface area contributed by atoms with Gasteiger partial charge in [0.15, 0.2) is 0 Å². The van der Waals surface area contributed by atoms with Gasteiger partial charge in [0, 0.05) is 12.6 Å². The lowest BCUT2D eigenvalue weighted by atomic mass is 9.81. The van der Waals surface area contributed by atoms with Crippen LogP contribution in [0.3, 0.4) is 0 Å². The second-order valence-corrected chi connectivity index (χ2v) is 13.2. The summed E-state index contributed by atoms with van der Waals surface area (Å²) in [5, 5.41) is 40.6. The van der Waals surface area contributed by atoms with Gasteiger partial charge in [-0.05, 0) is 69.4 Å². The molecule has 0 bridgehead atoms. The molecule has 0 fully saturated rings. The molecule has 1 unspecified atom stereocenters. The van der Waals surface area contributed by atoms with Gasteiger partial charge >= 0.3 is 7.12 Å². The molecule has 0 aromatic heterocycles. The number of likely N-dealkylation sites (N-methyl/N-ethyl adjacent to an activating group) is 1. The molecule has 54 heavy (non-hydrogen) atoms. The molecule has 0 saturated heterocycles. The Bertz CT molecular complexity index is 1620. The number of nitrogens with two attached hydrogens (primary N) is 1. The number of rotatable bonds is 20. The number of primary amides is 1. The Morgan fingerprint density at radius 1 is 0.759 bits per heavy atom. The number of aliphatic hydroxyl groups is 1. The topological polar surface area (TPSA) is 270 Å². The molecule has 2 aromatic carbocycles. The van der Waals surface area contributed by atoms with E-state index in [1.165, 1.54) is 40.3 Å². The monoisotopic (exact) mass is 753 g/mol. The Morgan fingerprint density at radius 3 is 1.83 bits per heavy atom. The Labute approximate surface area is 315 Å². The summed E-state index contributed by atoms with van der Waals surface area (Å²) in [5.74, 6) is -6.93. The van der Waals surface area contributed by atoms with Crippen LogP contribution in [0.2, 0.25) is 0 Å². The number of hydrogen-bond acceptors (Lipinski definition) is 10. The van der Waals surface area contributed by atoms with Crippen molar-refractivity contribution in [2.45, 2.75) is 96.5 Å². The van der Waals surface area contributed by atoms with Gasteiger partial charge in [-0.2, -0.15) is 0 Å². The number of amides is 7. The molecular formula is C36H52BN7O10. The summed E-state index contributed by atoms with van der Waals surface area (Å²) in [5.41, 5.74) is 8.69. The van der Waals surface area contributed by atoms with Crippen molar-refractivity contribution in [2.75, 3.05) is 13.6 Å². The number of benzene rings is 2. The molecule has 0 aliphatic heterocycles. The molecule has 7 amide bonds. The number of hydrogen-bond donors (Lipinski definition) is 9. The van der Waals surface area contributed by atoms with E-state index >= 15 is 0 Å². The van der Waals surface area contributed by atoms with Crippen LogP contribution in [0, 0.1) is 0 Å². The third-order valence-electron chi connectivity index (χ3n) is 8.55. The first-order chi connectivity index (χ1) is 25.4. The second kappa shape index (κ2) is 21.4. The highest BCUT2D eigenvalue weighted by Gasteiger charge is 2.34. The van der Waals surface area contributed by atoms with Crippen molar-refractivity contribution >= 4 is 48.5 Å². The van der Waals surface area contributed by atoms with Crippen molar-refractivity contribution in [3.63, 3.8) is 0 Å². The zero-order chi connectivity index (χ0) is 40.7. The minimum Gasteiger partial charge on any atom is -0.426 e. The summed E-state index contributed by atoms with van der Waals surface area (Å²) < 4.78 is 0. The molecule has 18 heteroatoms. The highest BCUT2D eigenvalue weighted by Crippen LogP contribution is 2.21. The molecule has 2 aromatic rings. The van der Waals surface area contributed by atoms with Crippen molar-refractivity contribution in [1.29, 1.82) is 0 Å². The van der Waals surface area contributed by atoms with E-state index in [2.05, 4.69) is 45.6 Å². The Morgan fingerprint density at radius 2 is 1.31 bits per heavy atom. The lowest BCUT2D eigenvalue weighted by Crippen LogP contribution is -2.60. The quantitative estimate of drug-likeness (QED) is 0.0708. The molecule has 0 aliphatic rings. The van der Waals surface area contributed by atoms with Crippen LogP contribution in [0.1, 0.15) is 69.8 Å². The van der Waals surface area contributed by atoms with Crippen LogP contribution in [0.4, 0.5) is 0 Å². The SMILES string of the molecule is CCCCc1ccc(-c2ccc(C(=O)N[C@H](C)C(=O)NCC(=O)N(C)[C@H](C(=O)N[C@@H](C)C(=O)N[C@@H](CC(N)=O)C(=O)N[C@@H](C)B(O)O)C(C)O)cc2)cc1. The number of aliphatic hydroxyl groups excluding tert-OH is 1. The Balaban J connectivity index is 1.94. The Kier molecular flexibility index (Phi) is 17.8. The molecule has 294 valence electrons. The van der Waals surface area contributed by atoms with E-state index in [1.807, 2.05) is 24.3 Å². The van der Waals surface area contributed by atoms with E-state index in [-0.39, 0.29) is 0 Å². The summed E-state index contributed by atoms with van der Waals surface area (Å²) in [6.07, 6.45) is 1.17. The molecule has 0 heterocycles. The first-order valence-electron chi connectivity index (χ1n) is 17.6. The zero-order valence-corrected chi connectivity index (χ0v) is 31.4. The molecule has 0 aliphatic carbocycles. The average Bonchev–Trinajstić information content (AvgIpc) is 3.12. The average molecular weight is 754 g/mol. The van der Waals surface area contributed by atoms with Crippen LogP contribution in [0.25, 0.3) is 11.1 Å². The van der Waals surface area contributed by atoms with Crippen LogP contribution in [-0.4, -0.2) is 118 Å². The second-order valence-electron chi connectivity index (χ2n) is 13.2. The molecule has 10 N–H and O–H groups in total. The van der Waals surface area contributed by atoms with E-state index in [4.69, 9.17) is 5.73 Å². The maximum absolute atomic E-state index is 13.1. The van der Waals surface area contributed by atoms with Gasteiger partial charge in [-0.1, -0.05) is 49.7 Å². The number of nitrogens with one attached hydrogen (secondary N) is 5. The summed E-state index contributed by atoms with van der Waals surface area (Å²) in [4.78, 5) is 89.5. The lowest BCUT2D eigenvalue weighted by molar-refractivity contribution is -0.143. The molecule has 6 atom stereocenters. The van der Waals surface area contributed by atoms with Crippen molar-refractivity contribution in [1.82, 2.24) is 31.5 Å². The first kappa shape index (κ1) is 44.8. The fourth-order valence-corrected chi connectivity index (χ4v) is 5.19. The van der Waals surface area contributed by atoms with Crippen LogP contribution in [-0.2, 0) is 35.2 Å². The highest BCUT2D eigenvalue weighted by molar-refractivity contribution is 6.43. The van der Waals surface area contributed by atoms with Gasteiger partial charge in [0.2, 0.25) is 35.4 Å². The zero-order valence-electron chi connectivity index (χ0n) is 31.4. The summed E-state index contributed by atoms with van der Waals surface area (Å²) in [6, 6.07) is 9.71. The first-order valence-corrected chi connectivity index (χ1v) is 17.6. The van der Waals surface area contributed by atoms with E-state index < -0.39 is 97.6 Å². The molecule has 17 nitrogen and oxygen atoms in total. The van der Waals surface area contributed by atoms with Crippen LogP contribution < -0.4 is 32.3 Å². The normalized spacial score (nSPS) is 14.2. The molecule has 0 spiro atoms. The van der Waals surface area contributed by atoms with Gasteiger partial charge in [0.05, 0.1) is 25.0 Å². The number of carbonyl (C=O) groups excluding carboxylic acids is 7. The standard InChI is InChI=1S/C36H52BN7O10/c1-7-8-9-24-10-12-25(13-11-24)26-14-16-27(17-15-26)34(50)40-20(2)32(48)39-19-30(47)44(6)31(22(4)45)36(52)41-21(3)33(49)43-28(18-29(38)46)35(51)42-23(5)37(53)54/h10-17,20-23,28,31,45,53-54H,7-9,18-19H2,1-6H3,(H2,38,46)(H,39,48)(H,40,50)(H,41,52)(H,42,51)(H,43,49)/t20-,21+,22?,23+,28+,31+/m1/s1. The predicted octanol–water partition coefficient (Wildman–Crippen LogP) is -1.48. The molecule has 0 radical (unpaired) electrons. The predicted molar refractivity (Wildman–Crippen MR) is 200 cm³/mol. The van der Waals surface area contributed by atoms with Crippen molar-refractivity contribution in [3.8, 4) is 11.1 Å². The maximum atomic E-state index is 13.1. The third kappa shape index (κ3) is 13.9. The minimum atomic E-state index is -1.93. The fourth-order valence-electron chi connectivity index (χ4n) is 5.19. The largest absolute Gasteiger partial charge is 0.475 e. The van der Waals surface area contributed by atoms with Crippen LogP contribution in [0.15, 0.2) is 48.5 Å². The van der Waals surface area contributed by atoms with Crippen LogP contribution in [0.5, 0.6) is 0 Å². The van der Waals surface area contributed by atoms with Gasteiger partial charge in [0.1, 0.15) is 24.2 Å². The Hall–Kier alpha value is -5.33. The molecule has 2 rings (SSSR count). The van der Waals surface area contributed by atoms with E-state index in [0.29, 0.717) is 5.56 Å². The summed E-state index contributed by atoms with van der Waals surface area (Å²) >= 11 is 0. The smallest absolute Gasteiger partial charge is 0.426 e. The van der Waals surface area contributed by atoms with E-state index in [1.54, 1.807) is 12.1 Å². The van der Waals surface area contributed by atoms with E-state index in [9.17, 15) is 48.7 Å². The highest BCUT2D eigenvalue weighted by atomic mass is 16.4. The van der Waals surface area contributed by atoms with Crippen molar-refractivity contribution < 1.29 is 48.7 Å².